The highest BCUT2D eigenvalue weighted by Gasteiger charge is 2.54. The van der Waals surface area contributed by atoms with Gasteiger partial charge in [0.25, 0.3) is 11.8 Å². The smallest absolute Gasteiger partial charge is 0.352 e. The van der Waals surface area contributed by atoms with E-state index in [1.54, 1.807) is 12.4 Å². The third-order valence-electron chi connectivity index (χ3n) is 6.04. The second-order valence-corrected chi connectivity index (χ2v) is 9.88. The Kier molecular flexibility index (Phi) is 6.94. The van der Waals surface area contributed by atoms with Crippen molar-refractivity contribution in [1.82, 2.24) is 15.2 Å². The maximum absolute atomic E-state index is 13.1. The van der Waals surface area contributed by atoms with Gasteiger partial charge >= 0.3 is 11.9 Å². The molecule has 0 unspecified atom stereocenters. The zero-order valence-corrected chi connectivity index (χ0v) is 20.8. The van der Waals surface area contributed by atoms with Crippen molar-refractivity contribution in [3.05, 3.63) is 52.9 Å². The van der Waals surface area contributed by atoms with Crippen molar-refractivity contribution in [2.45, 2.75) is 50.9 Å². The maximum atomic E-state index is 13.1. The molecule has 0 saturated carbocycles. The number of fused-ring (bicyclic) bond motifs is 1. The average Bonchev–Trinajstić information content (AvgIpc) is 3.28. The van der Waals surface area contributed by atoms with E-state index in [2.05, 4.69) is 15.5 Å². The number of carboxylic acid groups (broad SMARTS) is 2. The number of amides is 2. The molecule has 14 heteroatoms. The van der Waals surface area contributed by atoms with Crippen LogP contribution in [-0.2, 0) is 30.6 Å². The lowest BCUT2D eigenvalue weighted by Gasteiger charge is -2.49. The van der Waals surface area contributed by atoms with E-state index in [1.165, 1.54) is 24.1 Å². The van der Waals surface area contributed by atoms with E-state index in [-0.39, 0.29) is 22.2 Å². The third-order valence-corrected chi connectivity index (χ3v) is 6.71. The fraction of sp³-hybridized carbons (Fsp3) is 0.348. The number of thiazole rings is 1. The minimum Gasteiger partial charge on any atom is -0.478 e. The van der Waals surface area contributed by atoms with Crippen molar-refractivity contribution >= 4 is 45.9 Å². The predicted octanol–water partition coefficient (Wildman–Crippen LogP) is 0.125. The number of carboxylic acids is 2. The van der Waals surface area contributed by atoms with Crippen molar-refractivity contribution in [2.24, 2.45) is 5.16 Å². The van der Waals surface area contributed by atoms with Crippen LogP contribution in [0.1, 0.15) is 32.4 Å². The second kappa shape index (κ2) is 9.97. The monoisotopic (exact) mass is 529 g/mol. The van der Waals surface area contributed by atoms with Gasteiger partial charge in [0.05, 0.1) is 6.04 Å². The number of anilines is 1. The number of nitrogen functional groups attached to an aromatic ring is 1. The van der Waals surface area contributed by atoms with Gasteiger partial charge in [0.15, 0.2) is 29.8 Å². The highest BCUT2D eigenvalue weighted by molar-refractivity contribution is 7.13. The molecule has 13 nitrogen and oxygen atoms in total. The van der Waals surface area contributed by atoms with E-state index in [4.69, 9.17) is 10.6 Å². The van der Waals surface area contributed by atoms with Gasteiger partial charge in [-0.15, -0.1) is 11.3 Å². The van der Waals surface area contributed by atoms with Gasteiger partial charge in [0.1, 0.15) is 17.4 Å². The average molecular weight is 530 g/mol. The van der Waals surface area contributed by atoms with Gasteiger partial charge in [-0.1, -0.05) is 11.2 Å². The summed E-state index contributed by atoms with van der Waals surface area (Å²) < 4.78 is 1.82. The zero-order chi connectivity index (χ0) is 26.9. The van der Waals surface area contributed by atoms with E-state index in [9.17, 15) is 29.4 Å². The number of aromatic nitrogens is 2. The van der Waals surface area contributed by atoms with Crippen LogP contribution in [0.25, 0.3) is 0 Å². The second-order valence-electron chi connectivity index (χ2n) is 8.99. The molecule has 4 heterocycles. The lowest BCUT2D eigenvalue weighted by atomic mass is 9.83. The number of nitrogens with zero attached hydrogens (tertiary/aromatic N) is 4. The molecule has 2 atom stereocenters. The minimum atomic E-state index is -1.74. The molecular weight excluding hydrogens is 504 g/mol. The van der Waals surface area contributed by atoms with E-state index in [1.807, 2.05) is 22.8 Å². The number of allylic oxidation sites excluding steroid dienone is 1. The summed E-state index contributed by atoms with van der Waals surface area (Å²) in [7, 11) is 0. The molecule has 0 aromatic carbocycles. The number of hydrogen-bond acceptors (Lipinski definition) is 9. The molecule has 2 aromatic heterocycles. The third kappa shape index (κ3) is 5.14. The lowest BCUT2D eigenvalue weighted by molar-refractivity contribution is -0.689. The molecule has 5 N–H and O–H groups in total. The van der Waals surface area contributed by atoms with Crippen LogP contribution in [0.5, 0.6) is 0 Å². The van der Waals surface area contributed by atoms with Gasteiger partial charge in [0, 0.05) is 23.1 Å². The number of aliphatic carboxylic acids is 2. The molecule has 2 amide bonds. The predicted molar refractivity (Wildman–Crippen MR) is 129 cm³/mol. The molecule has 0 spiro atoms. The Morgan fingerprint density at radius 2 is 2.00 bits per heavy atom. The van der Waals surface area contributed by atoms with Crippen molar-refractivity contribution in [3.63, 3.8) is 0 Å². The van der Waals surface area contributed by atoms with Crippen LogP contribution in [0.15, 0.2) is 52.4 Å². The normalized spacial score (nSPS) is 19.7. The van der Waals surface area contributed by atoms with E-state index in [0.717, 1.165) is 11.3 Å². The molecule has 194 valence electrons. The summed E-state index contributed by atoms with van der Waals surface area (Å²) in [5.74, 6) is -3.94. The molecule has 4 rings (SSSR count). The number of nitrogens with two attached hydrogens (primary N) is 1. The first-order chi connectivity index (χ1) is 17.5. The first-order valence-corrected chi connectivity index (χ1v) is 12.1. The lowest BCUT2D eigenvalue weighted by Crippen LogP contribution is -2.72. The highest BCUT2D eigenvalue weighted by atomic mass is 32.1. The Balaban J connectivity index is 1.55. The summed E-state index contributed by atoms with van der Waals surface area (Å²) in [6, 6.07) is 3.93. The van der Waals surface area contributed by atoms with E-state index in [0.29, 0.717) is 25.0 Å². The van der Waals surface area contributed by atoms with Gasteiger partial charge in [0.2, 0.25) is 5.60 Å². The fourth-order valence-electron chi connectivity index (χ4n) is 4.06. The maximum Gasteiger partial charge on any atom is 0.352 e. The summed E-state index contributed by atoms with van der Waals surface area (Å²) in [5, 5.41) is 27.0. The van der Waals surface area contributed by atoms with Gasteiger partial charge < -0.3 is 26.1 Å². The van der Waals surface area contributed by atoms with Crippen molar-refractivity contribution < 1.29 is 38.8 Å². The molecule has 0 bridgehead atoms. The molecule has 37 heavy (non-hydrogen) atoms. The number of carbonyl (C=O) groups excluding carboxylic acids is 2. The highest BCUT2D eigenvalue weighted by Crippen LogP contribution is 2.37. The van der Waals surface area contributed by atoms with E-state index < -0.39 is 41.4 Å². The quantitative estimate of drug-likeness (QED) is 0.151. The summed E-state index contributed by atoms with van der Waals surface area (Å²) in [4.78, 5) is 60.0. The van der Waals surface area contributed by atoms with Crippen molar-refractivity contribution in [2.75, 3.05) is 5.73 Å². The van der Waals surface area contributed by atoms with Crippen LogP contribution >= 0.6 is 11.3 Å². The number of nitrogens with one attached hydrogen (secondary N) is 1. The number of carbonyl (C=O) groups is 4. The number of β-lactam (4-membered cyclic amide) rings is 1. The van der Waals surface area contributed by atoms with Gasteiger partial charge in [-0.2, -0.15) is 0 Å². The Morgan fingerprint density at radius 3 is 2.59 bits per heavy atom. The molecule has 1 saturated heterocycles. The first-order valence-electron chi connectivity index (χ1n) is 11.2. The van der Waals surface area contributed by atoms with Crippen molar-refractivity contribution in [1.29, 1.82) is 0 Å². The molecule has 0 radical (unpaired) electrons. The number of pyridine rings is 1. The Morgan fingerprint density at radius 1 is 1.30 bits per heavy atom. The Bertz CT molecular complexity index is 1320. The van der Waals surface area contributed by atoms with Crippen LogP contribution in [-0.4, -0.2) is 67.2 Å². The molecule has 1 fully saturated rings. The minimum absolute atomic E-state index is 0.0433. The Hall–Kier alpha value is -4.33. The summed E-state index contributed by atoms with van der Waals surface area (Å²) in [6.45, 7) is 2.82. The molecular formula is C23H25N6O7S+. The van der Waals surface area contributed by atoms with Gasteiger partial charge in [-0.05, 0) is 26.7 Å². The topological polar surface area (TPSA) is 188 Å². The van der Waals surface area contributed by atoms with Crippen LogP contribution in [0.3, 0.4) is 0 Å². The molecule has 2 aliphatic heterocycles. The van der Waals surface area contributed by atoms with Crippen molar-refractivity contribution in [3.8, 4) is 0 Å². The molecule has 2 aromatic rings. The van der Waals surface area contributed by atoms with Crippen LogP contribution in [0, 0.1) is 0 Å². The number of hydrogen-bond donors (Lipinski definition) is 4. The summed E-state index contributed by atoms with van der Waals surface area (Å²) in [6.07, 6.45) is 4.47. The number of oxime groups is 1. The van der Waals surface area contributed by atoms with Crippen LogP contribution in [0.2, 0.25) is 0 Å². The van der Waals surface area contributed by atoms with Crippen LogP contribution < -0.4 is 15.6 Å². The SMILES string of the molecule is CC(C)(O/N=C(\C(=O)N[C@H]1C(=O)N2C(C(=O)O)=C(C[n+]3ccccc3)CC[C@H]12)c1csc(N)n1)C(=O)O. The largest absolute Gasteiger partial charge is 0.478 e. The van der Waals surface area contributed by atoms with Crippen LogP contribution in [0.4, 0.5) is 5.13 Å². The molecule has 0 aliphatic carbocycles. The Labute approximate surface area is 214 Å². The first kappa shape index (κ1) is 25.8. The van der Waals surface area contributed by atoms with Gasteiger partial charge in [-0.3, -0.25) is 14.5 Å². The summed E-state index contributed by atoms with van der Waals surface area (Å²) in [5.41, 5.74) is 4.12. The van der Waals surface area contributed by atoms with E-state index >= 15 is 0 Å². The fourth-order valence-corrected chi connectivity index (χ4v) is 4.61. The van der Waals surface area contributed by atoms with Gasteiger partial charge in [-0.25, -0.2) is 19.1 Å². The number of rotatable bonds is 9. The standard InChI is InChI=1S/C23H24N6O7S/c1-23(2,21(34)35)36-27-15(13-11-37-22(24)25-13)18(30)26-16-14-7-6-12(10-28-8-4-3-5-9-28)17(20(32)33)29(14)19(16)31/h3-5,8-9,11,14,16H,6-7,10H2,1-2H3,(H4-,24,25,26,30,32,33,34,35)/p+1/b27-15-/t14-,16-/m1/s1. The summed E-state index contributed by atoms with van der Waals surface area (Å²) >= 11 is 1.04. The zero-order valence-electron chi connectivity index (χ0n) is 20.0. The molecule has 2 aliphatic rings.